The molecule has 138 valence electrons. The summed E-state index contributed by atoms with van der Waals surface area (Å²) in [6.07, 6.45) is -0.347. The van der Waals surface area contributed by atoms with Crippen molar-refractivity contribution in [3.05, 3.63) is 83.7 Å². The fourth-order valence-electron chi connectivity index (χ4n) is 2.81. The van der Waals surface area contributed by atoms with Crippen LogP contribution in [0.4, 0.5) is 4.39 Å². The van der Waals surface area contributed by atoms with Crippen molar-refractivity contribution < 1.29 is 18.7 Å². The molecule has 0 aromatic heterocycles. The monoisotopic (exact) mass is 365 g/mol. The van der Waals surface area contributed by atoms with Crippen LogP contribution in [0.5, 0.6) is 0 Å². The Labute approximate surface area is 157 Å². The highest BCUT2D eigenvalue weighted by atomic mass is 19.1. The summed E-state index contributed by atoms with van der Waals surface area (Å²) in [4.78, 5) is 24.6. The van der Waals surface area contributed by atoms with Crippen LogP contribution in [-0.4, -0.2) is 24.5 Å². The molecule has 1 N–H and O–H groups in total. The van der Waals surface area contributed by atoms with Crippen molar-refractivity contribution in [1.82, 2.24) is 5.32 Å². The quantitative estimate of drug-likeness (QED) is 0.675. The fraction of sp³-hybridized carbons (Fsp3) is 0.182. The number of fused-ring (bicyclic) bond motifs is 1. The van der Waals surface area contributed by atoms with E-state index in [1.54, 1.807) is 24.3 Å². The summed E-state index contributed by atoms with van der Waals surface area (Å²) in [5.41, 5.74) is 1.34. The molecule has 0 fully saturated rings. The van der Waals surface area contributed by atoms with Crippen molar-refractivity contribution >= 4 is 22.6 Å². The second kappa shape index (κ2) is 8.45. The van der Waals surface area contributed by atoms with Gasteiger partial charge >= 0.3 is 5.97 Å². The first-order valence-electron chi connectivity index (χ1n) is 8.75. The predicted octanol–water partition coefficient (Wildman–Crippen LogP) is 3.88. The van der Waals surface area contributed by atoms with E-state index >= 15 is 0 Å². The fourth-order valence-corrected chi connectivity index (χ4v) is 2.81. The molecule has 5 heteroatoms. The zero-order valence-electron chi connectivity index (χ0n) is 14.9. The van der Waals surface area contributed by atoms with Crippen LogP contribution in [0.25, 0.3) is 10.8 Å². The van der Waals surface area contributed by atoms with Gasteiger partial charge in [-0.05, 0) is 47.9 Å². The molecule has 0 saturated heterocycles. The number of rotatable bonds is 6. The number of carbonyl (C=O) groups excluding carboxylic acids is 2. The van der Waals surface area contributed by atoms with Crippen LogP contribution in [-0.2, 0) is 16.0 Å². The molecule has 4 nitrogen and oxygen atoms in total. The summed E-state index contributed by atoms with van der Waals surface area (Å²) in [5, 5.41) is 4.45. The number of hydrogen-bond donors (Lipinski definition) is 1. The molecule has 0 unspecified atom stereocenters. The average molecular weight is 365 g/mol. The Morgan fingerprint density at radius 2 is 1.70 bits per heavy atom. The van der Waals surface area contributed by atoms with Gasteiger partial charge in [0.1, 0.15) is 5.82 Å². The maximum absolute atomic E-state index is 12.9. The van der Waals surface area contributed by atoms with E-state index in [-0.39, 0.29) is 11.7 Å². The number of nitrogens with one attached hydrogen (secondary N) is 1. The SMILES string of the molecule is C[C@@H](OC(=O)c1cccc2ccccc12)C(=O)NCCc1ccc(F)cc1. The highest BCUT2D eigenvalue weighted by molar-refractivity contribution is 6.05. The van der Waals surface area contributed by atoms with Gasteiger partial charge in [0.25, 0.3) is 5.91 Å². The molecule has 27 heavy (non-hydrogen) atoms. The Balaban J connectivity index is 1.55. The molecule has 0 heterocycles. The molecule has 1 amide bonds. The topological polar surface area (TPSA) is 55.4 Å². The first-order chi connectivity index (χ1) is 13.0. The van der Waals surface area contributed by atoms with Crippen molar-refractivity contribution in [3.63, 3.8) is 0 Å². The molecular formula is C22H20FNO3. The van der Waals surface area contributed by atoms with Crippen molar-refractivity contribution in [2.75, 3.05) is 6.54 Å². The second-order valence-electron chi connectivity index (χ2n) is 6.24. The molecule has 3 aromatic rings. The lowest BCUT2D eigenvalue weighted by Crippen LogP contribution is -2.36. The maximum Gasteiger partial charge on any atom is 0.339 e. The number of ether oxygens (including phenoxy) is 1. The van der Waals surface area contributed by atoms with Crippen LogP contribution in [0.15, 0.2) is 66.7 Å². The van der Waals surface area contributed by atoms with Gasteiger partial charge < -0.3 is 10.1 Å². The third-order valence-corrected chi connectivity index (χ3v) is 4.29. The van der Waals surface area contributed by atoms with Gasteiger partial charge in [0.2, 0.25) is 0 Å². The van der Waals surface area contributed by atoms with Gasteiger partial charge in [0, 0.05) is 6.54 Å². The first-order valence-corrected chi connectivity index (χ1v) is 8.75. The normalized spacial score (nSPS) is 11.8. The Hall–Kier alpha value is -3.21. The molecule has 3 aromatic carbocycles. The molecule has 1 atom stereocenters. The number of halogens is 1. The van der Waals surface area contributed by atoms with Crippen LogP contribution < -0.4 is 5.32 Å². The molecule has 0 bridgehead atoms. The summed E-state index contributed by atoms with van der Waals surface area (Å²) in [6, 6.07) is 19.0. The highest BCUT2D eigenvalue weighted by Gasteiger charge is 2.19. The van der Waals surface area contributed by atoms with Gasteiger partial charge in [-0.3, -0.25) is 4.79 Å². The summed E-state index contributed by atoms with van der Waals surface area (Å²) in [6.45, 7) is 1.91. The molecule has 0 aliphatic rings. The van der Waals surface area contributed by atoms with E-state index in [2.05, 4.69) is 5.32 Å². The molecule has 0 aliphatic heterocycles. The smallest absolute Gasteiger partial charge is 0.339 e. The van der Waals surface area contributed by atoms with E-state index in [0.29, 0.717) is 18.5 Å². The van der Waals surface area contributed by atoms with Crippen molar-refractivity contribution in [1.29, 1.82) is 0 Å². The number of amides is 1. The van der Waals surface area contributed by atoms with Gasteiger partial charge in [-0.2, -0.15) is 0 Å². The lowest BCUT2D eigenvalue weighted by atomic mass is 10.0. The van der Waals surface area contributed by atoms with Crippen molar-refractivity contribution in [2.24, 2.45) is 0 Å². The Kier molecular flexibility index (Phi) is 5.81. The van der Waals surface area contributed by atoms with Crippen LogP contribution in [0.3, 0.4) is 0 Å². The average Bonchev–Trinajstić information content (AvgIpc) is 2.68. The minimum atomic E-state index is -0.912. The van der Waals surface area contributed by atoms with Crippen LogP contribution >= 0.6 is 0 Å². The minimum Gasteiger partial charge on any atom is -0.449 e. The van der Waals surface area contributed by atoms with E-state index in [9.17, 15) is 14.0 Å². The summed E-state index contributed by atoms with van der Waals surface area (Å²) < 4.78 is 18.2. The van der Waals surface area contributed by atoms with E-state index < -0.39 is 12.1 Å². The number of hydrogen-bond acceptors (Lipinski definition) is 3. The molecule has 0 radical (unpaired) electrons. The standard InChI is InChI=1S/C22H20FNO3/c1-15(21(25)24-14-13-16-9-11-18(23)12-10-16)27-22(26)20-8-4-6-17-5-2-3-7-19(17)20/h2-12,15H,13-14H2,1H3,(H,24,25)/t15-/m1/s1. The number of esters is 1. The largest absolute Gasteiger partial charge is 0.449 e. The molecule has 0 spiro atoms. The highest BCUT2D eigenvalue weighted by Crippen LogP contribution is 2.19. The predicted molar refractivity (Wildman–Crippen MR) is 102 cm³/mol. The van der Waals surface area contributed by atoms with E-state index in [1.165, 1.54) is 19.1 Å². The zero-order chi connectivity index (χ0) is 19.2. The zero-order valence-corrected chi connectivity index (χ0v) is 14.9. The summed E-state index contributed by atoms with van der Waals surface area (Å²) >= 11 is 0. The minimum absolute atomic E-state index is 0.295. The number of benzene rings is 3. The van der Waals surface area contributed by atoms with E-state index in [4.69, 9.17) is 4.74 Å². The van der Waals surface area contributed by atoms with Gasteiger partial charge in [-0.25, -0.2) is 9.18 Å². The molecule has 0 aliphatic carbocycles. The van der Waals surface area contributed by atoms with Crippen molar-refractivity contribution in [3.8, 4) is 0 Å². The number of carbonyl (C=O) groups is 2. The van der Waals surface area contributed by atoms with E-state index in [1.807, 2.05) is 30.3 Å². The molecular weight excluding hydrogens is 345 g/mol. The second-order valence-corrected chi connectivity index (χ2v) is 6.24. The summed E-state index contributed by atoms with van der Waals surface area (Å²) in [7, 11) is 0. The Morgan fingerprint density at radius 3 is 2.48 bits per heavy atom. The lowest BCUT2D eigenvalue weighted by molar-refractivity contribution is -0.129. The van der Waals surface area contributed by atoms with Crippen LogP contribution in [0.2, 0.25) is 0 Å². The first kappa shape index (κ1) is 18.6. The molecule has 3 rings (SSSR count). The molecule has 0 saturated carbocycles. The van der Waals surface area contributed by atoms with Crippen LogP contribution in [0, 0.1) is 5.82 Å². The Morgan fingerprint density at radius 1 is 1.00 bits per heavy atom. The van der Waals surface area contributed by atoms with Crippen LogP contribution in [0.1, 0.15) is 22.8 Å². The summed E-state index contributed by atoms with van der Waals surface area (Å²) in [5.74, 6) is -1.20. The van der Waals surface area contributed by atoms with E-state index in [0.717, 1.165) is 16.3 Å². The maximum atomic E-state index is 12.9. The van der Waals surface area contributed by atoms with Crippen molar-refractivity contribution in [2.45, 2.75) is 19.4 Å². The van der Waals surface area contributed by atoms with Gasteiger partial charge in [0.05, 0.1) is 5.56 Å². The third-order valence-electron chi connectivity index (χ3n) is 4.29. The Bertz CT molecular complexity index is 948. The lowest BCUT2D eigenvalue weighted by Gasteiger charge is -2.14. The van der Waals surface area contributed by atoms with Gasteiger partial charge in [-0.1, -0.05) is 48.5 Å². The third kappa shape index (κ3) is 4.70. The van der Waals surface area contributed by atoms with Gasteiger partial charge in [-0.15, -0.1) is 0 Å². The van der Waals surface area contributed by atoms with Gasteiger partial charge in [0.15, 0.2) is 6.10 Å².